The topological polar surface area (TPSA) is 125 Å². The van der Waals surface area contributed by atoms with Gasteiger partial charge in [-0.2, -0.15) is 27.1 Å². The van der Waals surface area contributed by atoms with Crippen LogP contribution in [0.5, 0.6) is 0 Å². The van der Waals surface area contributed by atoms with Crippen molar-refractivity contribution < 1.29 is 26.7 Å². The molecule has 0 saturated carbocycles. The van der Waals surface area contributed by atoms with Crippen molar-refractivity contribution in [3.63, 3.8) is 0 Å². The van der Waals surface area contributed by atoms with Crippen LogP contribution in [-0.2, 0) is 11.0 Å². The first kappa shape index (κ1) is 32.7. The minimum Gasteiger partial charge on any atom is -0.323 e. The lowest BCUT2D eigenvalue weighted by molar-refractivity contribution is -0.141. The van der Waals surface area contributed by atoms with Gasteiger partial charge < -0.3 is 5.32 Å². The molecule has 2 atom stereocenters. The van der Waals surface area contributed by atoms with Crippen LogP contribution >= 0.6 is 0 Å². The van der Waals surface area contributed by atoms with Crippen LogP contribution in [-0.4, -0.2) is 45.2 Å². The molecule has 5 heterocycles. The lowest BCUT2D eigenvalue weighted by Gasteiger charge is -2.22. The third kappa shape index (κ3) is 6.33. The molecular formula is C32H30F5N9O2. The molecule has 6 rings (SSSR count). The van der Waals surface area contributed by atoms with Crippen molar-refractivity contribution in [2.24, 2.45) is 5.92 Å². The average Bonchev–Trinajstić information content (AvgIpc) is 3.71. The van der Waals surface area contributed by atoms with Crippen molar-refractivity contribution in [3.05, 3.63) is 88.6 Å². The average molecular weight is 668 g/mol. The highest BCUT2D eigenvalue weighted by Gasteiger charge is 2.35. The molecule has 1 aliphatic heterocycles. The van der Waals surface area contributed by atoms with Crippen molar-refractivity contribution in [2.45, 2.75) is 64.7 Å². The van der Waals surface area contributed by atoms with E-state index in [0.29, 0.717) is 40.8 Å². The second-order valence-electron chi connectivity index (χ2n) is 11.9. The van der Waals surface area contributed by atoms with Crippen LogP contribution in [0.15, 0.2) is 66.1 Å². The molecule has 1 aliphatic rings. The highest BCUT2D eigenvalue weighted by molar-refractivity contribution is 5.95. The SMILES string of the molecule is CC1CCCC(n2cnc(-c3cc(C(C)C)ccc3-n3cc(C(F)(F)F)nn3)cc2=O)c2cc(ccn2)-c2c(cnn2C(F)F)NC1=O. The summed E-state index contributed by atoms with van der Waals surface area (Å²) in [6, 6.07) is 8.80. The normalized spacial score (nSPS) is 17.2. The molecule has 2 unspecified atom stereocenters. The zero-order valence-electron chi connectivity index (χ0n) is 26.0. The molecule has 1 amide bonds. The fraction of sp³-hybridized carbons (Fsp3) is 0.344. The van der Waals surface area contributed by atoms with E-state index in [4.69, 9.17) is 0 Å². The van der Waals surface area contributed by atoms with Crippen LogP contribution in [0.4, 0.5) is 27.6 Å². The van der Waals surface area contributed by atoms with Crippen LogP contribution in [0.1, 0.15) is 75.5 Å². The molecular weight excluding hydrogens is 637 g/mol. The summed E-state index contributed by atoms with van der Waals surface area (Å²) in [4.78, 5) is 35.8. The summed E-state index contributed by atoms with van der Waals surface area (Å²) in [6.07, 6.45) is 1.33. The van der Waals surface area contributed by atoms with Gasteiger partial charge in [0.05, 0.1) is 53.2 Å². The number of halogens is 5. The number of nitrogens with one attached hydrogen (secondary N) is 1. The van der Waals surface area contributed by atoms with Gasteiger partial charge in [0.2, 0.25) is 5.91 Å². The van der Waals surface area contributed by atoms with Gasteiger partial charge in [0.1, 0.15) is 0 Å². The summed E-state index contributed by atoms with van der Waals surface area (Å²) in [7, 11) is 0. The van der Waals surface area contributed by atoms with Crippen LogP contribution in [0.2, 0.25) is 0 Å². The van der Waals surface area contributed by atoms with E-state index in [9.17, 15) is 31.5 Å². The monoisotopic (exact) mass is 667 g/mol. The molecule has 0 fully saturated rings. The van der Waals surface area contributed by atoms with E-state index >= 15 is 0 Å². The first-order chi connectivity index (χ1) is 22.8. The number of anilines is 1. The Kier molecular flexibility index (Phi) is 8.66. The fourth-order valence-electron chi connectivity index (χ4n) is 5.72. The summed E-state index contributed by atoms with van der Waals surface area (Å²) in [5.74, 6) is -0.771. The minimum atomic E-state index is -4.70. The summed E-state index contributed by atoms with van der Waals surface area (Å²) in [6.45, 7) is 2.64. The number of fused-ring (bicyclic) bond motifs is 4. The maximum absolute atomic E-state index is 14.0. The summed E-state index contributed by atoms with van der Waals surface area (Å²) < 4.78 is 70.8. The number of benzene rings is 1. The van der Waals surface area contributed by atoms with Crippen LogP contribution in [0.3, 0.4) is 0 Å². The van der Waals surface area contributed by atoms with Gasteiger partial charge >= 0.3 is 12.7 Å². The number of nitrogens with zero attached hydrogens (tertiary/aromatic N) is 8. The van der Waals surface area contributed by atoms with Gasteiger partial charge in [-0.05, 0) is 48.6 Å². The third-order valence-corrected chi connectivity index (χ3v) is 8.36. The summed E-state index contributed by atoms with van der Waals surface area (Å²) >= 11 is 0. The lowest BCUT2D eigenvalue weighted by Crippen LogP contribution is -2.27. The quantitative estimate of drug-likeness (QED) is 0.209. The Labute approximate surface area is 270 Å². The maximum Gasteiger partial charge on any atom is 0.436 e. The number of aromatic nitrogens is 8. The van der Waals surface area contributed by atoms with Crippen LogP contribution in [0.25, 0.3) is 28.2 Å². The number of alkyl halides is 5. The highest BCUT2D eigenvalue weighted by atomic mass is 19.4. The Balaban J connectivity index is 1.45. The summed E-state index contributed by atoms with van der Waals surface area (Å²) in [5.41, 5.74) is 0.849. The first-order valence-corrected chi connectivity index (χ1v) is 15.2. The lowest BCUT2D eigenvalue weighted by atomic mass is 9.96. The molecule has 1 N–H and O–H groups in total. The standard InChI is InChI=1S/C32H30F5N9O2/c1-17(2)19-7-8-25(45-15-27(42-43-45)32(35,36)37)21(11-19)22-13-28(47)44(16-39-22)26-6-4-5-18(3)30(48)41-24-14-40-46(31(33)34)29(24)20-9-10-38-23(26)12-20/h7-18,26,31H,4-6H2,1-3H3,(H,41,48). The molecule has 250 valence electrons. The molecule has 2 bridgehead atoms. The number of carbonyl (C=O) groups is 1. The maximum atomic E-state index is 14.0. The number of rotatable bonds is 5. The second-order valence-corrected chi connectivity index (χ2v) is 11.9. The van der Waals surface area contributed by atoms with Gasteiger partial charge in [-0.1, -0.05) is 38.5 Å². The Hall–Kier alpha value is -5.28. The number of hydrogen-bond acceptors (Lipinski definition) is 7. The highest BCUT2D eigenvalue weighted by Crippen LogP contribution is 2.36. The third-order valence-electron chi connectivity index (χ3n) is 8.36. The molecule has 0 saturated heterocycles. The van der Waals surface area contributed by atoms with Crippen LogP contribution < -0.4 is 10.9 Å². The minimum absolute atomic E-state index is 0.00583. The van der Waals surface area contributed by atoms with Gasteiger partial charge in [0.15, 0.2) is 5.69 Å². The van der Waals surface area contributed by atoms with Gasteiger partial charge in [-0.25, -0.2) is 14.3 Å². The van der Waals surface area contributed by atoms with E-state index in [2.05, 4.69) is 30.7 Å². The van der Waals surface area contributed by atoms with E-state index in [1.165, 1.54) is 35.4 Å². The number of pyridine rings is 1. The van der Waals surface area contributed by atoms with Crippen molar-refractivity contribution in [3.8, 4) is 28.2 Å². The Bertz CT molecular complexity index is 2030. The van der Waals surface area contributed by atoms with Crippen molar-refractivity contribution in [1.82, 2.24) is 39.3 Å². The molecule has 0 aliphatic carbocycles. The zero-order valence-corrected chi connectivity index (χ0v) is 26.0. The van der Waals surface area contributed by atoms with Crippen molar-refractivity contribution >= 4 is 11.6 Å². The zero-order chi connectivity index (χ0) is 34.3. The van der Waals surface area contributed by atoms with E-state index in [-0.39, 0.29) is 34.6 Å². The van der Waals surface area contributed by atoms with E-state index < -0.39 is 35.9 Å². The van der Waals surface area contributed by atoms with E-state index in [1.54, 1.807) is 31.2 Å². The van der Waals surface area contributed by atoms with Crippen molar-refractivity contribution in [2.75, 3.05) is 5.32 Å². The Morgan fingerprint density at radius 2 is 1.81 bits per heavy atom. The first-order valence-electron chi connectivity index (χ1n) is 15.2. The second kappa shape index (κ2) is 12.7. The number of amides is 1. The Morgan fingerprint density at radius 3 is 2.50 bits per heavy atom. The molecule has 0 spiro atoms. The molecule has 0 radical (unpaired) electrons. The van der Waals surface area contributed by atoms with Gasteiger partial charge in [-0.15, -0.1) is 5.10 Å². The molecule has 5 aromatic rings. The predicted molar refractivity (Wildman–Crippen MR) is 164 cm³/mol. The van der Waals surface area contributed by atoms with E-state index in [0.717, 1.165) is 16.4 Å². The van der Waals surface area contributed by atoms with Gasteiger partial charge in [0.25, 0.3) is 5.56 Å². The van der Waals surface area contributed by atoms with Gasteiger partial charge in [0, 0.05) is 29.3 Å². The summed E-state index contributed by atoms with van der Waals surface area (Å²) in [5, 5.41) is 13.4. The largest absolute Gasteiger partial charge is 0.436 e. The molecule has 1 aromatic carbocycles. The molecule has 4 aromatic heterocycles. The Morgan fingerprint density at radius 1 is 1.02 bits per heavy atom. The fourth-order valence-corrected chi connectivity index (χ4v) is 5.72. The van der Waals surface area contributed by atoms with Crippen LogP contribution in [0, 0.1) is 5.92 Å². The smallest absolute Gasteiger partial charge is 0.323 e. The molecule has 16 heteroatoms. The predicted octanol–water partition coefficient (Wildman–Crippen LogP) is 6.63. The number of hydrogen-bond donors (Lipinski definition) is 1. The van der Waals surface area contributed by atoms with E-state index in [1.807, 2.05) is 13.8 Å². The molecule has 48 heavy (non-hydrogen) atoms. The molecule has 11 nitrogen and oxygen atoms in total. The number of carbonyl (C=O) groups excluding carboxylic acids is 1. The van der Waals surface area contributed by atoms with Crippen molar-refractivity contribution in [1.29, 1.82) is 0 Å². The van der Waals surface area contributed by atoms with Gasteiger partial charge in [-0.3, -0.25) is 19.1 Å².